The van der Waals surface area contributed by atoms with Gasteiger partial charge in [-0.15, -0.1) is 0 Å². The van der Waals surface area contributed by atoms with Crippen LogP contribution in [0.5, 0.6) is 0 Å². The fraction of sp³-hybridized carbons (Fsp3) is 0.480. The molecule has 7 nitrogen and oxygen atoms in total. The number of aromatic nitrogens is 3. The largest absolute Gasteiger partial charge is 0.348 e. The molecule has 0 radical (unpaired) electrons. The summed E-state index contributed by atoms with van der Waals surface area (Å²) in [5.74, 6) is -2.71. The third-order valence-electron chi connectivity index (χ3n) is 6.95. The molecule has 3 aromatic rings. The number of H-pyrrole nitrogens is 1. The number of piperidine rings is 2. The number of fused-ring (bicyclic) bond motifs is 1. The standard InChI is InChI=1S/C25H30F2N6O/c1-32-8-4-20(5-9-32)29-24(34)23-21-13-18(2-3-22(21)30-31-23)19-12-17(14-28-15-19)16-33-10-6-25(26,27)7-11-33/h2-3,12-15,20H,4-11,16H2,1H3,(H,29,34)(H,30,31). The second-order valence-electron chi connectivity index (χ2n) is 9.60. The predicted octanol–water partition coefficient (Wildman–Crippen LogP) is 3.68. The predicted molar refractivity (Wildman–Crippen MR) is 127 cm³/mol. The zero-order valence-corrected chi connectivity index (χ0v) is 19.4. The first-order valence-electron chi connectivity index (χ1n) is 11.9. The van der Waals surface area contributed by atoms with Crippen molar-refractivity contribution in [1.29, 1.82) is 0 Å². The van der Waals surface area contributed by atoms with Crippen molar-refractivity contribution >= 4 is 16.8 Å². The number of alkyl halides is 2. The third kappa shape index (κ3) is 5.10. The Labute approximate surface area is 197 Å². The molecule has 4 heterocycles. The highest BCUT2D eigenvalue weighted by Gasteiger charge is 2.33. The maximum absolute atomic E-state index is 13.5. The van der Waals surface area contributed by atoms with Crippen LogP contribution in [0.25, 0.3) is 22.0 Å². The Morgan fingerprint density at radius 3 is 2.65 bits per heavy atom. The summed E-state index contributed by atoms with van der Waals surface area (Å²) in [6, 6.07) is 8.06. The highest BCUT2D eigenvalue weighted by atomic mass is 19.3. The summed E-state index contributed by atoms with van der Waals surface area (Å²) in [6.07, 6.45) is 5.24. The molecule has 9 heteroatoms. The Hall–Kier alpha value is -2.91. The summed E-state index contributed by atoms with van der Waals surface area (Å²) in [4.78, 5) is 21.7. The summed E-state index contributed by atoms with van der Waals surface area (Å²) >= 11 is 0. The first kappa shape index (κ1) is 22.9. The fourth-order valence-corrected chi connectivity index (χ4v) is 4.80. The summed E-state index contributed by atoms with van der Waals surface area (Å²) in [5.41, 5.74) is 4.03. The van der Waals surface area contributed by atoms with Crippen molar-refractivity contribution in [3.8, 4) is 11.1 Å². The van der Waals surface area contributed by atoms with Gasteiger partial charge in [0.2, 0.25) is 0 Å². The molecule has 0 saturated carbocycles. The van der Waals surface area contributed by atoms with E-state index in [0.717, 1.165) is 53.5 Å². The zero-order chi connectivity index (χ0) is 23.7. The van der Waals surface area contributed by atoms with Gasteiger partial charge in [-0.1, -0.05) is 6.07 Å². The number of hydrogen-bond donors (Lipinski definition) is 2. The van der Waals surface area contributed by atoms with Crippen LogP contribution >= 0.6 is 0 Å². The molecule has 34 heavy (non-hydrogen) atoms. The van der Waals surface area contributed by atoms with E-state index in [9.17, 15) is 13.6 Å². The third-order valence-corrected chi connectivity index (χ3v) is 6.95. The number of halogens is 2. The average molecular weight is 469 g/mol. The molecule has 2 aliphatic heterocycles. The van der Waals surface area contributed by atoms with Crippen LogP contribution in [0.15, 0.2) is 36.7 Å². The second-order valence-corrected chi connectivity index (χ2v) is 9.60. The Balaban J connectivity index is 1.32. The van der Waals surface area contributed by atoms with Crippen molar-refractivity contribution in [2.75, 3.05) is 33.2 Å². The highest BCUT2D eigenvalue weighted by Crippen LogP contribution is 2.29. The van der Waals surface area contributed by atoms with Gasteiger partial charge in [-0.25, -0.2) is 8.78 Å². The first-order chi connectivity index (χ1) is 16.4. The van der Waals surface area contributed by atoms with Crippen molar-refractivity contribution < 1.29 is 13.6 Å². The van der Waals surface area contributed by atoms with Gasteiger partial charge in [0.15, 0.2) is 5.69 Å². The van der Waals surface area contributed by atoms with Crippen LogP contribution in [-0.2, 0) is 6.54 Å². The number of likely N-dealkylation sites (tertiary alicyclic amines) is 2. The number of amides is 1. The number of nitrogens with one attached hydrogen (secondary N) is 2. The molecule has 180 valence electrons. The van der Waals surface area contributed by atoms with Crippen molar-refractivity contribution in [1.82, 2.24) is 30.3 Å². The minimum atomic E-state index is -2.55. The molecule has 5 rings (SSSR count). The topological polar surface area (TPSA) is 77.1 Å². The maximum atomic E-state index is 13.5. The number of aromatic amines is 1. The van der Waals surface area contributed by atoms with Crippen LogP contribution < -0.4 is 5.32 Å². The number of benzene rings is 1. The number of nitrogens with zero attached hydrogens (tertiary/aromatic N) is 4. The minimum absolute atomic E-state index is 0.0975. The number of carbonyl (C=O) groups is 1. The van der Waals surface area contributed by atoms with Gasteiger partial charge in [0.25, 0.3) is 11.8 Å². The first-order valence-corrected chi connectivity index (χ1v) is 11.9. The summed E-state index contributed by atoms with van der Waals surface area (Å²) in [7, 11) is 2.09. The van der Waals surface area contributed by atoms with Gasteiger partial charge in [-0.3, -0.25) is 19.8 Å². The number of carbonyl (C=O) groups excluding carboxylic acids is 1. The molecule has 2 fully saturated rings. The summed E-state index contributed by atoms with van der Waals surface area (Å²) in [6.45, 7) is 3.30. The molecule has 2 aliphatic rings. The van der Waals surface area contributed by atoms with Crippen molar-refractivity contribution in [3.05, 3.63) is 47.9 Å². The van der Waals surface area contributed by atoms with E-state index in [1.807, 2.05) is 29.2 Å². The molecule has 0 unspecified atom stereocenters. The average Bonchev–Trinajstić information content (AvgIpc) is 3.26. The van der Waals surface area contributed by atoms with Crippen molar-refractivity contribution in [2.45, 2.75) is 44.2 Å². The zero-order valence-electron chi connectivity index (χ0n) is 19.4. The quantitative estimate of drug-likeness (QED) is 0.598. The molecule has 2 N–H and O–H groups in total. The van der Waals surface area contributed by atoms with E-state index >= 15 is 0 Å². The Morgan fingerprint density at radius 1 is 1.12 bits per heavy atom. The van der Waals surface area contributed by atoms with Gasteiger partial charge < -0.3 is 10.2 Å². The molecule has 0 spiro atoms. The van der Waals surface area contributed by atoms with E-state index in [0.29, 0.717) is 25.3 Å². The van der Waals surface area contributed by atoms with E-state index in [1.54, 1.807) is 12.4 Å². The SMILES string of the molecule is CN1CCC(NC(=O)c2n[nH]c3ccc(-c4cncc(CN5CCC(F)(F)CC5)c4)cc23)CC1. The minimum Gasteiger partial charge on any atom is -0.348 e. The molecule has 1 aromatic carbocycles. The molecular formula is C25H30F2N6O. The normalized spacial score (nSPS) is 20.0. The lowest BCUT2D eigenvalue weighted by Crippen LogP contribution is -2.43. The summed E-state index contributed by atoms with van der Waals surface area (Å²) < 4.78 is 26.9. The van der Waals surface area contributed by atoms with Crippen LogP contribution in [0.3, 0.4) is 0 Å². The van der Waals surface area contributed by atoms with Gasteiger partial charge in [-0.05, 0) is 62.3 Å². The van der Waals surface area contributed by atoms with Crippen LogP contribution in [0.4, 0.5) is 8.78 Å². The lowest BCUT2D eigenvalue weighted by atomic mass is 10.0. The van der Waals surface area contributed by atoms with Gasteiger partial charge in [0.1, 0.15) is 0 Å². The Morgan fingerprint density at radius 2 is 1.88 bits per heavy atom. The molecule has 0 atom stereocenters. The Kier molecular flexibility index (Phi) is 6.31. The lowest BCUT2D eigenvalue weighted by molar-refractivity contribution is -0.0566. The number of rotatable bonds is 5. The van der Waals surface area contributed by atoms with Gasteiger partial charge in [0, 0.05) is 61.9 Å². The number of hydrogen-bond acceptors (Lipinski definition) is 5. The highest BCUT2D eigenvalue weighted by molar-refractivity contribution is 6.05. The van der Waals surface area contributed by atoms with E-state index < -0.39 is 5.92 Å². The van der Waals surface area contributed by atoms with E-state index in [-0.39, 0.29) is 24.8 Å². The molecule has 2 aromatic heterocycles. The van der Waals surface area contributed by atoms with Crippen LogP contribution in [0, 0.1) is 0 Å². The van der Waals surface area contributed by atoms with Crippen LogP contribution in [-0.4, -0.2) is 76.1 Å². The van der Waals surface area contributed by atoms with Gasteiger partial charge >= 0.3 is 0 Å². The van der Waals surface area contributed by atoms with Crippen molar-refractivity contribution in [3.63, 3.8) is 0 Å². The van der Waals surface area contributed by atoms with E-state index in [2.05, 4.69) is 32.4 Å². The maximum Gasteiger partial charge on any atom is 0.272 e. The lowest BCUT2D eigenvalue weighted by Gasteiger charge is -2.31. The monoisotopic (exact) mass is 468 g/mol. The number of pyridine rings is 1. The smallest absolute Gasteiger partial charge is 0.272 e. The molecule has 0 aliphatic carbocycles. The molecule has 0 bridgehead atoms. The molecule has 1 amide bonds. The van der Waals surface area contributed by atoms with Crippen molar-refractivity contribution in [2.24, 2.45) is 0 Å². The molecule has 2 saturated heterocycles. The fourth-order valence-electron chi connectivity index (χ4n) is 4.80. The van der Waals surface area contributed by atoms with E-state index in [1.165, 1.54) is 0 Å². The van der Waals surface area contributed by atoms with E-state index in [4.69, 9.17) is 0 Å². The van der Waals surface area contributed by atoms with Gasteiger partial charge in [0.05, 0.1) is 5.52 Å². The van der Waals surface area contributed by atoms with Gasteiger partial charge in [-0.2, -0.15) is 5.10 Å². The molecular weight excluding hydrogens is 438 g/mol. The second kappa shape index (κ2) is 9.38. The van der Waals surface area contributed by atoms with Crippen LogP contribution in [0.1, 0.15) is 41.7 Å². The van der Waals surface area contributed by atoms with Crippen LogP contribution in [0.2, 0.25) is 0 Å². The summed E-state index contributed by atoms with van der Waals surface area (Å²) in [5, 5.41) is 11.2. The Bertz CT molecular complexity index is 1160.